The van der Waals surface area contributed by atoms with Crippen molar-refractivity contribution >= 4 is 11.6 Å². The van der Waals surface area contributed by atoms with Crippen LogP contribution in [-0.2, 0) is 17.8 Å². The van der Waals surface area contributed by atoms with Crippen LogP contribution in [0.1, 0.15) is 43.5 Å². The predicted molar refractivity (Wildman–Crippen MR) is 98.8 cm³/mol. The second-order valence-electron chi connectivity index (χ2n) is 7.17. The lowest BCUT2D eigenvalue weighted by atomic mass is 9.98. The monoisotopic (exact) mass is 338 g/mol. The zero-order valence-corrected chi connectivity index (χ0v) is 14.8. The summed E-state index contributed by atoms with van der Waals surface area (Å²) < 4.78 is 2.24. The molecule has 5 nitrogen and oxygen atoms in total. The summed E-state index contributed by atoms with van der Waals surface area (Å²) in [6.45, 7) is 4.66. The minimum Gasteiger partial charge on any atom is -0.335 e. The van der Waals surface area contributed by atoms with Crippen molar-refractivity contribution < 1.29 is 4.79 Å². The van der Waals surface area contributed by atoms with Crippen LogP contribution in [-0.4, -0.2) is 34.6 Å². The maximum atomic E-state index is 13.0. The van der Waals surface area contributed by atoms with Crippen LogP contribution < -0.4 is 10.2 Å². The molecule has 1 aromatic carbocycles. The summed E-state index contributed by atoms with van der Waals surface area (Å²) in [5.74, 6) is 1.72. The van der Waals surface area contributed by atoms with E-state index in [4.69, 9.17) is 0 Å². The SMILES string of the molecule is C[C@@H](NC[C@@H]1CCCn2ccnc21)C(=O)N1CCCc2ccccc21. The van der Waals surface area contributed by atoms with E-state index >= 15 is 0 Å². The number of nitrogens with zero attached hydrogens (tertiary/aromatic N) is 3. The molecule has 25 heavy (non-hydrogen) atoms. The Morgan fingerprint density at radius 1 is 1.32 bits per heavy atom. The second kappa shape index (κ2) is 7.00. The van der Waals surface area contributed by atoms with Gasteiger partial charge in [0.15, 0.2) is 0 Å². The first-order chi connectivity index (χ1) is 12.2. The molecule has 0 aliphatic carbocycles. The summed E-state index contributed by atoms with van der Waals surface area (Å²) in [5.41, 5.74) is 2.37. The highest BCUT2D eigenvalue weighted by molar-refractivity contribution is 5.98. The normalized spacial score (nSPS) is 20.7. The molecule has 0 fully saturated rings. The predicted octanol–water partition coefficient (Wildman–Crippen LogP) is 2.72. The molecule has 0 saturated heterocycles. The molecule has 0 unspecified atom stereocenters. The van der Waals surface area contributed by atoms with Gasteiger partial charge in [-0.1, -0.05) is 18.2 Å². The Morgan fingerprint density at radius 3 is 3.12 bits per heavy atom. The third-order valence-electron chi connectivity index (χ3n) is 5.48. The van der Waals surface area contributed by atoms with Crippen molar-refractivity contribution in [2.45, 2.75) is 51.1 Å². The minimum atomic E-state index is -0.184. The van der Waals surface area contributed by atoms with E-state index in [1.54, 1.807) is 0 Å². The van der Waals surface area contributed by atoms with Gasteiger partial charge >= 0.3 is 0 Å². The molecule has 0 spiro atoms. The van der Waals surface area contributed by atoms with E-state index in [1.807, 2.05) is 24.1 Å². The fourth-order valence-electron chi connectivity index (χ4n) is 4.10. The lowest BCUT2D eigenvalue weighted by molar-refractivity contribution is -0.120. The summed E-state index contributed by atoms with van der Waals surface area (Å²) >= 11 is 0. The number of para-hydroxylation sites is 1. The first kappa shape index (κ1) is 16.3. The number of carbonyl (C=O) groups is 1. The number of rotatable bonds is 4. The zero-order valence-electron chi connectivity index (χ0n) is 14.8. The highest BCUT2D eigenvalue weighted by Crippen LogP contribution is 2.28. The molecule has 1 N–H and O–H groups in total. The van der Waals surface area contributed by atoms with Gasteiger partial charge in [-0.25, -0.2) is 4.98 Å². The van der Waals surface area contributed by atoms with Crippen LogP contribution in [0.2, 0.25) is 0 Å². The van der Waals surface area contributed by atoms with Gasteiger partial charge in [0, 0.05) is 43.6 Å². The molecule has 3 heterocycles. The average molecular weight is 338 g/mol. The quantitative estimate of drug-likeness (QED) is 0.932. The molecule has 0 radical (unpaired) electrons. The van der Waals surface area contributed by atoms with Crippen molar-refractivity contribution in [2.75, 3.05) is 18.0 Å². The third kappa shape index (κ3) is 3.21. The van der Waals surface area contributed by atoms with Crippen LogP contribution in [0.15, 0.2) is 36.7 Å². The largest absolute Gasteiger partial charge is 0.335 e. The van der Waals surface area contributed by atoms with Crippen molar-refractivity contribution in [2.24, 2.45) is 0 Å². The second-order valence-corrected chi connectivity index (χ2v) is 7.17. The Kier molecular flexibility index (Phi) is 4.57. The summed E-state index contributed by atoms with van der Waals surface area (Å²) in [6.07, 6.45) is 8.35. The number of hydrogen-bond donors (Lipinski definition) is 1. The topological polar surface area (TPSA) is 50.2 Å². The Bertz CT molecular complexity index is 754. The number of amides is 1. The standard InChI is InChI=1S/C20H26N4O/c1-15(22-14-17-8-4-11-23-13-10-21-19(17)23)20(25)24-12-5-7-16-6-2-3-9-18(16)24/h2-3,6,9-10,13,15,17,22H,4-5,7-8,11-12,14H2,1H3/t15-,17+/m1/s1. The molecule has 2 aromatic rings. The molecule has 1 aromatic heterocycles. The molecule has 1 amide bonds. The smallest absolute Gasteiger partial charge is 0.243 e. The molecule has 2 atom stereocenters. The molecular weight excluding hydrogens is 312 g/mol. The highest BCUT2D eigenvalue weighted by Gasteiger charge is 2.27. The number of benzene rings is 1. The van der Waals surface area contributed by atoms with Gasteiger partial charge in [-0.05, 0) is 44.2 Å². The van der Waals surface area contributed by atoms with E-state index in [2.05, 4.69) is 39.3 Å². The number of aromatic nitrogens is 2. The number of carbonyl (C=O) groups excluding carboxylic acids is 1. The van der Waals surface area contributed by atoms with Gasteiger partial charge in [-0.15, -0.1) is 0 Å². The van der Waals surface area contributed by atoms with Gasteiger partial charge in [0.1, 0.15) is 5.82 Å². The summed E-state index contributed by atoms with van der Waals surface area (Å²) in [4.78, 5) is 19.4. The van der Waals surface area contributed by atoms with Crippen molar-refractivity contribution in [1.29, 1.82) is 0 Å². The first-order valence-electron chi connectivity index (χ1n) is 9.38. The first-order valence-corrected chi connectivity index (χ1v) is 9.38. The molecule has 0 saturated carbocycles. The van der Waals surface area contributed by atoms with Gasteiger partial charge in [0.05, 0.1) is 6.04 Å². The number of imidazole rings is 1. The fourth-order valence-corrected chi connectivity index (χ4v) is 4.10. The number of hydrogen-bond acceptors (Lipinski definition) is 3. The van der Waals surface area contributed by atoms with E-state index in [0.29, 0.717) is 5.92 Å². The molecular formula is C20H26N4O. The van der Waals surface area contributed by atoms with Crippen molar-refractivity contribution in [1.82, 2.24) is 14.9 Å². The van der Waals surface area contributed by atoms with Gasteiger partial charge in [0.25, 0.3) is 0 Å². The average Bonchev–Trinajstić information content (AvgIpc) is 3.14. The van der Waals surface area contributed by atoms with E-state index in [0.717, 1.165) is 50.4 Å². The molecule has 0 bridgehead atoms. The Labute approximate surface area is 149 Å². The molecule has 5 heteroatoms. The van der Waals surface area contributed by atoms with Crippen LogP contribution in [0.4, 0.5) is 5.69 Å². The van der Waals surface area contributed by atoms with Gasteiger partial charge < -0.3 is 14.8 Å². The van der Waals surface area contributed by atoms with Crippen molar-refractivity contribution in [3.63, 3.8) is 0 Å². The van der Waals surface area contributed by atoms with Crippen LogP contribution in [0, 0.1) is 0 Å². The fraction of sp³-hybridized carbons (Fsp3) is 0.500. The maximum absolute atomic E-state index is 13.0. The third-order valence-corrected chi connectivity index (χ3v) is 5.48. The van der Waals surface area contributed by atoms with Crippen LogP contribution in [0.25, 0.3) is 0 Å². The summed E-state index contributed by atoms with van der Waals surface area (Å²) in [7, 11) is 0. The van der Waals surface area contributed by atoms with Gasteiger partial charge in [-0.3, -0.25) is 4.79 Å². The number of nitrogens with one attached hydrogen (secondary N) is 1. The number of aryl methyl sites for hydroxylation is 2. The molecule has 2 aliphatic heterocycles. The van der Waals surface area contributed by atoms with E-state index < -0.39 is 0 Å². The van der Waals surface area contributed by atoms with Gasteiger partial charge in [0.2, 0.25) is 5.91 Å². The van der Waals surface area contributed by atoms with Crippen molar-refractivity contribution in [3.05, 3.63) is 48.0 Å². The van der Waals surface area contributed by atoms with Crippen LogP contribution in [0.5, 0.6) is 0 Å². The Balaban J connectivity index is 1.41. The Hall–Kier alpha value is -2.14. The van der Waals surface area contributed by atoms with E-state index in [-0.39, 0.29) is 11.9 Å². The minimum absolute atomic E-state index is 0.173. The Morgan fingerprint density at radius 2 is 2.20 bits per heavy atom. The molecule has 132 valence electrons. The van der Waals surface area contributed by atoms with E-state index in [1.165, 1.54) is 12.0 Å². The molecule has 4 rings (SSSR count). The maximum Gasteiger partial charge on any atom is 0.243 e. The van der Waals surface area contributed by atoms with Crippen molar-refractivity contribution in [3.8, 4) is 0 Å². The van der Waals surface area contributed by atoms with Crippen LogP contribution in [0.3, 0.4) is 0 Å². The lowest BCUT2D eigenvalue weighted by Gasteiger charge is -2.32. The van der Waals surface area contributed by atoms with Gasteiger partial charge in [-0.2, -0.15) is 0 Å². The van der Waals surface area contributed by atoms with E-state index in [9.17, 15) is 4.79 Å². The summed E-state index contributed by atoms with van der Waals surface area (Å²) in [5, 5.41) is 3.47. The number of fused-ring (bicyclic) bond motifs is 2. The lowest BCUT2D eigenvalue weighted by Crippen LogP contribution is -2.48. The number of anilines is 1. The highest BCUT2D eigenvalue weighted by atomic mass is 16.2. The van der Waals surface area contributed by atoms with Crippen LogP contribution >= 0.6 is 0 Å². The molecule has 2 aliphatic rings. The summed E-state index contributed by atoms with van der Waals surface area (Å²) in [6, 6.07) is 8.09. The zero-order chi connectivity index (χ0) is 17.2.